The lowest BCUT2D eigenvalue weighted by Crippen LogP contribution is -2.42. The van der Waals surface area contributed by atoms with Crippen molar-refractivity contribution in [2.45, 2.75) is 19.5 Å². The normalized spacial score (nSPS) is 15.1. The second kappa shape index (κ2) is 6.38. The molecule has 0 heterocycles. The lowest BCUT2D eigenvalue weighted by Gasteiger charge is -2.13. The first-order valence-electron chi connectivity index (χ1n) is 4.67. The third kappa shape index (κ3) is 8.89. The fourth-order valence-corrected chi connectivity index (χ4v) is 1.83. The summed E-state index contributed by atoms with van der Waals surface area (Å²) < 4.78 is 60.7. The van der Waals surface area contributed by atoms with Gasteiger partial charge in [-0.3, -0.25) is 0 Å². The Morgan fingerprint density at radius 1 is 1.31 bits per heavy atom. The largest absolute Gasteiger partial charge is 0.402 e. The van der Waals surface area contributed by atoms with E-state index in [2.05, 4.69) is 0 Å². The molecule has 0 bridgehead atoms. The van der Waals surface area contributed by atoms with Crippen LogP contribution in [0.3, 0.4) is 0 Å². The van der Waals surface area contributed by atoms with E-state index in [0.717, 1.165) is 0 Å². The molecule has 0 aliphatic carbocycles. The Morgan fingerprint density at radius 2 is 1.88 bits per heavy atom. The predicted octanol–water partition coefficient (Wildman–Crippen LogP) is -0.0424. The van der Waals surface area contributed by atoms with Crippen LogP contribution in [0.1, 0.15) is 13.3 Å². The molecule has 0 spiro atoms. The minimum Gasteiger partial charge on any atom is -0.330 e. The number of nitrogens with one attached hydrogen (secondary N) is 2. The van der Waals surface area contributed by atoms with Crippen LogP contribution in [0.15, 0.2) is 0 Å². The van der Waals surface area contributed by atoms with Crippen molar-refractivity contribution in [1.29, 1.82) is 0 Å². The summed E-state index contributed by atoms with van der Waals surface area (Å²) >= 11 is 0. The molecule has 1 atom stereocenters. The third-order valence-electron chi connectivity index (χ3n) is 1.74. The first-order valence-corrected chi connectivity index (χ1v) is 6.15. The van der Waals surface area contributed by atoms with Crippen molar-refractivity contribution in [2.24, 2.45) is 11.7 Å². The number of hydrogen-bond acceptors (Lipinski definition) is 3. The van der Waals surface area contributed by atoms with Gasteiger partial charge in [-0.05, 0) is 18.9 Å². The highest BCUT2D eigenvalue weighted by atomic mass is 32.2. The van der Waals surface area contributed by atoms with Crippen LogP contribution in [-0.4, -0.2) is 34.2 Å². The molecule has 16 heavy (non-hydrogen) atoms. The molecule has 1 unspecified atom stereocenters. The Morgan fingerprint density at radius 3 is 2.31 bits per heavy atom. The molecule has 9 heteroatoms. The Balaban J connectivity index is 3.97. The molecular weight excluding hydrogens is 247 g/mol. The molecule has 98 valence electrons. The van der Waals surface area contributed by atoms with Gasteiger partial charge >= 0.3 is 6.18 Å². The molecule has 0 aromatic carbocycles. The zero-order valence-electron chi connectivity index (χ0n) is 8.84. The maximum Gasteiger partial charge on any atom is 0.402 e. The molecule has 5 nitrogen and oxygen atoms in total. The zero-order chi connectivity index (χ0) is 12.8. The van der Waals surface area contributed by atoms with Crippen molar-refractivity contribution in [3.63, 3.8) is 0 Å². The van der Waals surface area contributed by atoms with E-state index in [4.69, 9.17) is 5.73 Å². The van der Waals surface area contributed by atoms with E-state index in [1.165, 1.54) is 4.72 Å². The van der Waals surface area contributed by atoms with Crippen molar-refractivity contribution in [2.75, 3.05) is 19.6 Å². The topological polar surface area (TPSA) is 84.2 Å². The fourth-order valence-electron chi connectivity index (χ4n) is 0.866. The number of alkyl halides is 3. The van der Waals surface area contributed by atoms with Gasteiger partial charge in [-0.2, -0.15) is 26.3 Å². The van der Waals surface area contributed by atoms with Crippen molar-refractivity contribution < 1.29 is 21.6 Å². The Bertz CT molecular complexity index is 292. The first kappa shape index (κ1) is 15.6. The highest BCUT2D eigenvalue weighted by Gasteiger charge is 2.29. The maximum atomic E-state index is 11.7. The summed E-state index contributed by atoms with van der Waals surface area (Å²) in [5.74, 6) is -0.0209. The van der Waals surface area contributed by atoms with Crippen LogP contribution in [0, 0.1) is 5.92 Å². The number of hydrogen-bond donors (Lipinski definition) is 3. The van der Waals surface area contributed by atoms with Crippen LogP contribution in [0.4, 0.5) is 13.2 Å². The molecule has 0 saturated carbocycles. The van der Waals surface area contributed by atoms with Gasteiger partial charge in [-0.25, -0.2) is 4.72 Å². The minimum absolute atomic E-state index is 0.0209. The molecule has 0 saturated heterocycles. The van der Waals surface area contributed by atoms with E-state index >= 15 is 0 Å². The summed E-state index contributed by atoms with van der Waals surface area (Å²) in [4.78, 5) is 0. The number of halogens is 3. The van der Waals surface area contributed by atoms with Gasteiger partial charge in [0.1, 0.15) is 6.54 Å². The van der Waals surface area contributed by atoms with E-state index in [1.54, 1.807) is 6.92 Å². The maximum absolute atomic E-state index is 11.7. The van der Waals surface area contributed by atoms with Crippen LogP contribution in [0.25, 0.3) is 0 Å². The summed E-state index contributed by atoms with van der Waals surface area (Å²) in [6.07, 6.45) is -3.96. The summed E-state index contributed by atoms with van der Waals surface area (Å²) in [6, 6.07) is 0. The van der Waals surface area contributed by atoms with Gasteiger partial charge < -0.3 is 5.73 Å². The SMILES string of the molecule is CC(CCN)CNS(=O)(=O)NCC(F)(F)F. The fraction of sp³-hybridized carbons (Fsp3) is 1.00. The van der Waals surface area contributed by atoms with Crippen molar-refractivity contribution in [3.8, 4) is 0 Å². The van der Waals surface area contributed by atoms with Gasteiger partial charge in [0.25, 0.3) is 10.2 Å². The van der Waals surface area contributed by atoms with Gasteiger partial charge in [0, 0.05) is 6.54 Å². The third-order valence-corrected chi connectivity index (χ3v) is 2.81. The Kier molecular flexibility index (Phi) is 6.23. The van der Waals surface area contributed by atoms with E-state index < -0.39 is 22.9 Å². The number of nitrogens with two attached hydrogens (primary N) is 1. The smallest absolute Gasteiger partial charge is 0.330 e. The van der Waals surface area contributed by atoms with Crippen LogP contribution in [0.5, 0.6) is 0 Å². The van der Waals surface area contributed by atoms with Gasteiger partial charge in [0.2, 0.25) is 0 Å². The van der Waals surface area contributed by atoms with Crippen LogP contribution in [-0.2, 0) is 10.2 Å². The molecule has 0 radical (unpaired) electrons. The molecule has 0 aliphatic rings. The van der Waals surface area contributed by atoms with Gasteiger partial charge in [-0.1, -0.05) is 6.92 Å². The minimum atomic E-state index is -4.56. The molecule has 0 amide bonds. The van der Waals surface area contributed by atoms with Crippen molar-refractivity contribution in [3.05, 3.63) is 0 Å². The van der Waals surface area contributed by atoms with Crippen molar-refractivity contribution >= 4 is 10.2 Å². The number of rotatable bonds is 7. The zero-order valence-corrected chi connectivity index (χ0v) is 9.66. The lowest BCUT2D eigenvalue weighted by molar-refractivity contribution is -0.121. The highest BCUT2D eigenvalue weighted by molar-refractivity contribution is 7.87. The second-order valence-electron chi connectivity index (χ2n) is 3.47. The molecule has 0 fully saturated rings. The summed E-state index contributed by atoms with van der Waals surface area (Å²) in [5.41, 5.74) is 5.24. The Labute approximate surface area is 92.8 Å². The Hall–Kier alpha value is -0.380. The summed E-state index contributed by atoms with van der Waals surface area (Å²) in [7, 11) is -4.09. The van der Waals surface area contributed by atoms with Crippen LogP contribution in [0.2, 0.25) is 0 Å². The van der Waals surface area contributed by atoms with E-state index in [1.807, 2.05) is 4.72 Å². The molecule has 0 aromatic rings. The van der Waals surface area contributed by atoms with E-state index in [0.29, 0.717) is 13.0 Å². The van der Waals surface area contributed by atoms with Crippen LogP contribution >= 0.6 is 0 Å². The molecule has 4 N–H and O–H groups in total. The van der Waals surface area contributed by atoms with Crippen LogP contribution < -0.4 is 15.2 Å². The standard InChI is InChI=1S/C7H16F3N3O2S/c1-6(2-3-11)4-12-16(14,15)13-5-7(8,9)10/h6,12-13H,2-5,11H2,1H3. The van der Waals surface area contributed by atoms with Gasteiger partial charge in [0.15, 0.2) is 0 Å². The quantitative estimate of drug-likeness (QED) is 0.602. The lowest BCUT2D eigenvalue weighted by atomic mass is 10.1. The average molecular weight is 263 g/mol. The van der Waals surface area contributed by atoms with Gasteiger partial charge in [-0.15, -0.1) is 0 Å². The van der Waals surface area contributed by atoms with E-state index in [-0.39, 0.29) is 12.5 Å². The summed E-state index contributed by atoms with van der Waals surface area (Å²) in [6.45, 7) is 0.635. The monoisotopic (exact) mass is 263 g/mol. The first-order chi connectivity index (χ1) is 7.16. The van der Waals surface area contributed by atoms with Gasteiger partial charge in [0.05, 0.1) is 0 Å². The summed E-state index contributed by atoms with van der Waals surface area (Å²) in [5, 5.41) is 0. The molecule has 0 rings (SSSR count). The highest BCUT2D eigenvalue weighted by Crippen LogP contribution is 2.12. The predicted molar refractivity (Wildman–Crippen MR) is 53.8 cm³/mol. The van der Waals surface area contributed by atoms with Crippen molar-refractivity contribution in [1.82, 2.24) is 9.44 Å². The van der Waals surface area contributed by atoms with E-state index in [9.17, 15) is 21.6 Å². The molecule has 0 aromatic heterocycles. The molecule has 0 aliphatic heterocycles. The molecular formula is C7H16F3N3O2S. The second-order valence-corrected chi connectivity index (χ2v) is 5.05. The average Bonchev–Trinajstić information content (AvgIpc) is 2.12.